The van der Waals surface area contributed by atoms with Gasteiger partial charge in [-0.1, -0.05) is 17.7 Å². The molecule has 1 saturated heterocycles. The summed E-state index contributed by atoms with van der Waals surface area (Å²) in [5.74, 6) is 0.220. The van der Waals surface area contributed by atoms with Crippen LogP contribution in [0.2, 0.25) is 5.02 Å². The predicted molar refractivity (Wildman–Crippen MR) is 71.7 cm³/mol. The maximum atomic E-state index is 11.9. The van der Waals surface area contributed by atoms with Crippen molar-refractivity contribution in [2.75, 3.05) is 13.6 Å². The van der Waals surface area contributed by atoms with Crippen LogP contribution >= 0.6 is 11.6 Å². The van der Waals surface area contributed by atoms with Gasteiger partial charge in [0.25, 0.3) is 0 Å². The minimum absolute atomic E-state index is 0.0124. The molecule has 96 valence electrons. The molecule has 1 fully saturated rings. The summed E-state index contributed by atoms with van der Waals surface area (Å²) in [4.78, 5) is 13.7. The van der Waals surface area contributed by atoms with E-state index in [-0.39, 0.29) is 11.9 Å². The first-order valence-corrected chi connectivity index (χ1v) is 6.82. The van der Waals surface area contributed by atoms with Gasteiger partial charge < -0.3 is 4.90 Å². The zero-order valence-corrected chi connectivity index (χ0v) is 11.2. The van der Waals surface area contributed by atoms with E-state index in [9.17, 15) is 4.79 Å². The van der Waals surface area contributed by atoms with Gasteiger partial charge in [0.15, 0.2) is 0 Å². The minimum Gasteiger partial charge on any atom is -0.344 e. The molecule has 3 rings (SSSR count). The Hall–Kier alpha value is -1.06. The Morgan fingerprint density at radius 1 is 1.33 bits per heavy atom. The predicted octanol–water partition coefficient (Wildman–Crippen LogP) is 2.15. The van der Waals surface area contributed by atoms with E-state index in [0.717, 1.165) is 30.8 Å². The van der Waals surface area contributed by atoms with Crippen molar-refractivity contribution in [1.82, 2.24) is 10.2 Å². The van der Waals surface area contributed by atoms with Crippen LogP contribution in [0.4, 0.5) is 0 Å². The third-order valence-corrected chi connectivity index (χ3v) is 4.25. The third-order valence-electron chi connectivity index (χ3n) is 4.01. The summed E-state index contributed by atoms with van der Waals surface area (Å²) in [5, 5.41) is 4.30. The van der Waals surface area contributed by atoms with Gasteiger partial charge in [0, 0.05) is 24.7 Å². The molecule has 2 aliphatic rings. The van der Waals surface area contributed by atoms with Crippen LogP contribution in [0.1, 0.15) is 30.0 Å². The average molecular weight is 265 g/mol. The van der Waals surface area contributed by atoms with Crippen LogP contribution in [0, 0.1) is 0 Å². The van der Waals surface area contributed by atoms with Gasteiger partial charge in [-0.25, -0.2) is 0 Å². The minimum atomic E-state index is -0.0124. The van der Waals surface area contributed by atoms with E-state index in [4.69, 9.17) is 11.6 Å². The molecule has 1 aromatic rings. The molecule has 0 unspecified atom stereocenters. The lowest BCUT2D eigenvalue weighted by Crippen LogP contribution is -2.38. The number of amides is 1. The number of hydrogen-bond donors (Lipinski definition) is 1. The van der Waals surface area contributed by atoms with Crippen LogP contribution in [0.5, 0.6) is 0 Å². The van der Waals surface area contributed by atoms with Gasteiger partial charge >= 0.3 is 0 Å². The summed E-state index contributed by atoms with van der Waals surface area (Å²) < 4.78 is 0. The van der Waals surface area contributed by atoms with Crippen molar-refractivity contribution in [2.24, 2.45) is 0 Å². The molecule has 0 aromatic heterocycles. The number of hydrogen-bond acceptors (Lipinski definition) is 2. The number of nitrogens with one attached hydrogen (secondary N) is 1. The molecule has 1 amide bonds. The molecule has 0 bridgehead atoms. The first-order chi connectivity index (χ1) is 8.65. The van der Waals surface area contributed by atoms with Crippen molar-refractivity contribution in [1.29, 1.82) is 0 Å². The van der Waals surface area contributed by atoms with E-state index in [1.807, 2.05) is 19.2 Å². The molecule has 18 heavy (non-hydrogen) atoms. The summed E-state index contributed by atoms with van der Waals surface area (Å²) >= 11 is 6.00. The Bertz CT molecular complexity index is 489. The molecule has 0 spiro atoms. The molecule has 1 aliphatic carbocycles. The number of likely N-dealkylation sites (tertiary alicyclic amines) is 1. The number of fused-ring (bicyclic) bond motifs is 1. The molecular weight excluding hydrogens is 248 g/mol. The number of aryl methyl sites for hydroxylation is 1. The second-order valence-electron chi connectivity index (χ2n) is 5.20. The molecule has 2 atom stereocenters. The quantitative estimate of drug-likeness (QED) is 0.888. The van der Waals surface area contributed by atoms with E-state index in [2.05, 4.69) is 11.4 Å². The van der Waals surface area contributed by atoms with Gasteiger partial charge in [0.05, 0.1) is 6.04 Å². The van der Waals surface area contributed by atoms with Gasteiger partial charge in [-0.3, -0.25) is 10.1 Å². The van der Waals surface area contributed by atoms with Crippen molar-refractivity contribution < 1.29 is 4.79 Å². The fourth-order valence-electron chi connectivity index (χ4n) is 2.98. The largest absolute Gasteiger partial charge is 0.344 e. The summed E-state index contributed by atoms with van der Waals surface area (Å²) in [6.45, 7) is 0.858. The summed E-state index contributed by atoms with van der Waals surface area (Å²) in [5.41, 5.74) is 2.63. The van der Waals surface area contributed by atoms with E-state index < -0.39 is 0 Å². The van der Waals surface area contributed by atoms with Crippen molar-refractivity contribution in [3.63, 3.8) is 0 Å². The maximum absolute atomic E-state index is 11.9. The average Bonchev–Trinajstić information content (AvgIpc) is 2.88. The number of rotatable bonds is 2. The van der Waals surface area contributed by atoms with Gasteiger partial charge in [-0.15, -0.1) is 0 Å². The number of carbonyl (C=O) groups excluding carboxylic acids is 1. The monoisotopic (exact) mass is 264 g/mol. The summed E-state index contributed by atoms with van der Waals surface area (Å²) in [6.07, 6.45) is 3.02. The zero-order chi connectivity index (χ0) is 12.7. The topological polar surface area (TPSA) is 32.3 Å². The first-order valence-electron chi connectivity index (χ1n) is 6.44. The fourth-order valence-corrected chi connectivity index (χ4v) is 3.17. The van der Waals surface area contributed by atoms with Crippen LogP contribution in [0.25, 0.3) is 0 Å². The van der Waals surface area contributed by atoms with Gasteiger partial charge in [-0.2, -0.15) is 0 Å². The molecule has 4 heteroatoms. The summed E-state index contributed by atoms with van der Waals surface area (Å²) in [7, 11) is 1.87. The second kappa shape index (κ2) is 4.56. The van der Waals surface area contributed by atoms with Gasteiger partial charge in [0.1, 0.15) is 0 Å². The highest BCUT2D eigenvalue weighted by molar-refractivity contribution is 6.30. The van der Waals surface area contributed by atoms with E-state index >= 15 is 0 Å². The Kier molecular flexibility index (Phi) is 3.04. The molecule has 3 nitrogen and oxygen atoms in total. The lowest BCUT2D eigenvalue weighted by atomic mass is 10.1. The van der Waals surface area contributed by atoms with Crippen molar-refractivity contribution in [2.45, 2.75) is 31.3 Å². The van der Waals surface area contributed by atoms with E-state index in [0.29, 0.717) is 6.04 Å². The number of halogens is 1. The Labute approximate surface area is 112 Å². The smallest absolute Gasteiger partial charge is 0.239 e. The van der Waals surface area contributed by atoms with E-state index in [1.165, 1.54) is 11.1 Å². The highest BCUT2D eigenvalue weighted by atomic mass is 35.5. The number of benzene rings is 1. The Morgan fingerprint density at radius 3 is 2.89 bits per heavy atom. The number of nitrogens with zero attached hydrogens (tertiary/aromatic N) is 1. The zero-order valence-electron chi connectivity index (χ0n) is 10.4. The standard InChI is InChI=1S/C14H17ClN2O/c1-17-7-6-13(14(17)18)16-12-5-2-9-8-10(15)3-4-11(9)12/h3-4,8,12-13,16H,2,5-7H2,1H3/t12-,13+/m1/s1. The van der Waals surface area contributed by atoms with Crippen molar-refractivity contribution in [3.05, 3.63) is 34.3 Å². The molecular formula is C14H17ClN2O. The van der Waals surface area contributed by atoms with Crippen LogP contribution in [-0.4, -0.2) is 30.4 Å². The number of likely N-dealkylation sites (N-methyl/N-ethyl adjacent to an activating group) is 1. The highest BCUT2D eigenvalue weighted by Gasteiger charge is 2.33. The molecule has 1 heterocycles. The second-order valence-corrected chi connectivity index (χ2v) is 5.64. The van der Waals surface area contributed by atoms with Crippen LogP contribution in [0.15, 0.2) is 18.2 Å². The SMILES string of the molecule is CN1CC[C@H](N[C@@H]2CCc3cc(Cl)ccc32)C1=O. The van der Waals surface area contributed by atoms with Gasteiger partial charge in [0.2, 0.25) is 5.91 Å². The molecule has 1 N–H and O–H groups in total. The van der Waals surface area contributed by atoms with Crippen LogP contribution in [-0.2, 0) is 11.2 Å². The Balaban J connectivity index is 1.75. The van der Waals surface area contributed by atoms with Crippen molar-refractivity contribution in [3.8, 4) is 0 Å². The lowest BCUT2D eigenvalue weighted by molar-refractivity contribution is -0.128. The lowest BCUT2D eigenvalue weighted by Gasteiger charge is -2.18. The molecule has 0 radical (unpaired) electrons. The summed E-state index contributed by atoms with van der Waals surface area (Å²) in [6, 6.07) is 6.36. The van der Waals surface area contributed by atoms with Crippen molar-refractivity contribution >= 4 is 17.5 Å². The third kappa shape index (κ3) is 2.02. The van der Waals surface area contributed by atoms with E-state index in [1.54, 1.807) is 4.90 Å². The first kappa shape index (κ1) is 12.0. The normalized spacial score (nSPS) is 26.8. The van der Waals surface area contributed by atoms with Crippen LogP contribution in [0.3, 0.4) is 0 Å². The van der Waals surface area contributed by atoms with Crippen LogP contribution < -0.4 is 5.32 Å². The van der Waals surface area contributed by atoms with Gasteiger partial charge in [-0.05, 0) is 42.5 Å². The highest BCUT2D eigenvalue weighted by Crippen LogP contribution is 2.33. The maximum Gasteiger partial charge on any atom is 0.239 e. The molecule has 0 saturated carbocycles. The molecule has 1 aromatic carbocycles. The fraction of sp³-hybridized carbons (Fsp3) is 0.500. The number of carbonyl (C=O) groups is 1. The molecule has 1 aliphatic heterocycles. The Morgan fingerprint density at radius 2 is 2.17 bits per heavy atom.